The summed E-state index contributed by atoms with van der Waals surface area (Å²) < 4.78 is 0. The summed E-state index contributed by atoms with van der Waals surface area (Å²) >= 11 is 5.90. The van der Waals surface area contributed by atoms with Crippen molar-refractivity contribution in [2.75, 3.05) is 0 Å². The molecule has 2 rings (SSSR count). The number of carbonyl (C=O) groups excluding carboxylic acids is 1. The molecule has 17 heavy (non-hydrogen) atoms. The van der Waals surface area contributed by atoms with Crippen molar-refractivity contribution in [2.24, 2.45) is 5.73 Å². The van der Waals surface area contributed by atoms with Gasteiger partial charge < -0.3 is 16.0 Å². The van der Waals surface area contributed by atoms with Gasteiger partial charge in [0.25, 0.3) is 0 Å². The minimum absolute atomic E-state index is 0.165. The van der Waals surface area contributed by atoms with Crippen molar-refractivity contribution in [3.63, 3.8) is 0 Å². The molecule has 0 aliphatic carbocycles. The van der Waals surface area contributed by atoms with E-state index in [1.54, 1.807) is 6.92 Å². The number of hydrogen-bond acceptors (Lipinski definition) is 2. The monoisotopic (exact) mass is 251 g/mol. The number of benzene rings is 1. The van der Waals surface area contributed by atoms with E-state index in [2.05, 4.69) is 10.3 Å². The molecule has 4 N–H and O–H groups in total. The van der Waals surface area contributed by atoms with Crippen LogP contribution in [0.15, 0.2) is 24.3 Å². The first kappa shape index (κ1) is 12.0. The molecular weight excluding hydrogens is 238 g/mol. The van der Waals surface area contributed by atoms with E-state index in [0.29, 0.717) is 11.6 Å². The minimum atomic E-state index is -0.492. The first-order valence-electron chi connectivity index (χ1n) is 5.36. The summed E-state index contributed by atoms with van der Waals surface area (Å²) in [6, 6.07) is 7.08. The Balaban J connectivity index is 2.12. The smallest absolute Gasteiger partial charge is 0.236 e. The van der Waals surface area contributed by atoms with Gasteiger partial charge in [-0.15, -0.1) is 0 Å². The largest absolute Gasteiger partial charge is 0.357 e. The maximum absolute atomic E-state index is 11.3. The van der Waals surface area contributed by atoms with E-state index in [9.17, 15) is 4.79 Å². The first-order chi connectivity index (χ1) is 8.06. The average Bonchev–Trinajstić information content (AvgIpc) is 2.67. The molecule has 4 nitrogen and oxygen atoms in total. The van der Waals surface area contributed by atoms with Crippen LogP contribution in [0, 0.1) is 0 Å². The first-order valence-corrected chi connectivity index (χ1v) is 5.74. The zero-order valence-electron chi connectivity index (χ0n) is 9.46. The van der Waals surface area contributed by atoms with Crippen molar-refractivity contribution in [2.45, 2.75) is 19.5 Å². The van der Waals surface area contributed by atoms with E-state index in [4.69, 9.17) is 17.3 Å². The molecule has 1 aromatic carbocycles. The van der Waals surface area contributed by atoms with Gasteiger partial charge >= 0.3 is 0 Å². The molecule has 90 valence electrons. The number of fused-ring (bicyclic) bond motifs is 1. The molecule has 0 aliphatic heterocycles. The summed E-state index contributed by atoms with van der Waals surface area (Å²) in [5.74, 6) is -0.165. The highest BCUT2D eigenvalue weighted by Gasteiger charge is 2.07. The summed E-state index contributed by atoms with van der Waals surface area (Å²) in [7, 11) is 0. The van der Waals surface area contributed by atoms with Crippen LogP contribution in [-0.2, 0) is 11.3 Å². The molecule has 2 aromatic rings. The van der Waals surface area contributed by atoms with Gasteiger partial charge in [0, 0.05) is 21.6 Å². The molecule has 0 unspecified atom stereocenters. The lowest BCUT2D eigenvalue weighted by Crippen LogP contribution is -2.37. The highest BCUT2D eigenvalue weighted by atomic mass is 35.5. The fraction of sp³-hybridized carbons (Fsp3) is 0.250. The number of rotatable bonds is 3. The molecule has 0 fully saturated rings. The number of H-pyrrole nitrogens is 1. The molecule has 1 amide bonds. The number of halogens is 1. The van der Waals surface area contributed by atoms with Gasteiger partial charge in [0.2, 0.25) is 5.91 Å². The third-order valence-corrected chi connectivity index (χ3v) is 2.74. The Labute approximate surface area is 104 Å². The predicted octanol–water partition coefficient (Wildman–Crippen LogP) is 1.78. The maximum Gasteiger partial charge on any atom is 0.236 e. The zero-order chi connectivity index (χ0) is 12.4. The summed E-state index contributed by atoms with van der Waals surface area (Å²) in [5.41, 5.74) is 7.38. The molecule has 0 spiro atoms. The second-order valence-electron chi connectivity index (χ2n) is 4.03. The van der Waals surface area contributed by atoms with Gasteiger partial charge in [-0.25, -0.2) is 0 Å². The van der Waals surface area contributed by atoms with Crippen molar-refractivity contribution in [3.05, 3.63) is 35.0 Å². The number of nitrogens with one attached hydrogen (secondary N) is 2. The van der Waals surface area contributed by atoms with Gasteiger partial charge in [-0.3, -0.25) is 4.79 Å². The van der Waals surface area contributed by atoms with Crippen LogP contribution >= 0.6 is 11.6 Å². The molecular formula is C12H14ClN3O. The zero-order valence-corrected chi connectivity index (χ0v) is 10.2. The average molecular weight is 252 g/mol. The van der Waals surface area contributed by atoms with Crippen molar-refractivity contribution < 1.29 is 4.79 Å². The second-order valence-corrected chi connectivity index (χ2v) is 4.47. The Morgan fingerprint density at radius 2 is 2.29 bits per heavy atom. The Bertz CT molecular complexity index is 548. The Morgan fingerprint density at radius 3 is 3.00 bits per heavy atom. The summed E-state index contributed by atoms with van der Waals surface area (Å²) in [6.45, 7) is 2.09. The standard InChI is InChI=1S/C12H14ClN3O/c1-7(14)12(17)15-6-10-5-8-4-9(13)2-3-11(8)16-10/h2-5,7,16H,6,14H2,1H3,(H,15,17)/t7-/m1/s1. The van der Waals surface area contributed by atoms with Gasteiger partial charge in [-0.1, -0.05) is 11.6 Å². The van der Waals surface area contributed by atoms with Crippen LogP contribution in [0.4, 0.5) is 0 Å². The minimum Gasteiger partial charge on any atom is -0.357 e. The Hall–Kier alpha value is -1.52. The van der Waals surface area contributed by atoms with Crippen LogP contribution in [-0.4, -0.2) is 16.9 Å². The molecule has 0 saturated heterocycles. The fourth-order valence-corrected chi connectivity index (χ4v) is 1.78. The van der Waals surface area contributed by atoms with E-state index in [0.717, 1.165) is 16.6 Å². The highest BCUT2D eigenvalue weighted by molar-refractivity contribution is 6.31. The van der Waals surface area contributed by atoms with Crippen LogP contribution in [0.25, 0.3) is 10.9 Å². The summed E-state index contributed by atoms with van der Waals surface area (Å²) in [5, 5.41) is 4.47. The number of hydrogen-bond donors (Lipinski definition) is 3. The number of amides is 1. The number of nitrogens with two attached hydrogens (primary N) is 1. The van der Waals surface area contributed by atoms with E-state index in [-0.39, 0.29) is 5.91 Å². The fourth-order valence-electron chi connectivity index (χ4n) is 1.60. The highest BCUT2D eigenvalue weighted by Crippen LogP contribution is 2.19. The lowest BCUT2D eigenvalue weighted by Gasteiger charge is -2.05. The molecule has 5 heteroatoms. The molecule has 0 aliphatic rings. The van der Waals surface area contributed by atoms with Gasteiger partial charge in [0.15, 0.2) is 0 Å². The second kappa shape index (κ2) is 4.77. The van der Waals surface area contributed by atoms with Crippen LogP contribution in [0.3, 0.4) is 0 Å². The van der Waals surface area contributed by atoms with Gasteiger partial charge in [-0.05, 0) is 31.2 Å². The molecule has 0 saturated carbocycles. The number of aromatic amines is 1. The third-order valence-electron chi connectivity index (χ3n) is 2.51. The SMILES string of the molecule is C[C@@H](N)C(=O)NCc1cc2cc(Cl)ccc2[nH]1. The maximum atomic E-state index is 11.3. The Kier molecular flexibility index (Phi) is 3.36. The molecule has 0 radical (unpaired) electrons. The van der Waals surface area contributed by atoms with Crippen molar-refractivity contribution in [3.8, 4) is 0 Å². The topological polar surface area (TPSA) is 70.9 Å². The molecule has 1 heterocycles. The van der Waals surface area contributed by atoms with Crippen LogP contribution < -0.4 is 11.1 Å². The lowest BCUT2D eigenvalue weighted by molar-refractivity contribution is -0.122. The Morgan fingerprint density at radius 1 is 1.53 bits per heavy atom. The number of carbonyl (C=O) groups is 1. The predicted molar refractivity (Wildman–Crippen MR) is 68.8 cm³/mol. The normalized spacial score (nSPS) is 12.6. The van der Waals surface area contributed by atoms with E-state index in [1.807, 2.05) is 24.3 Å². The van der Waals surface area contributed by atoms with Gasteiger partial charge in [0.05, 0.1) is 12.6 Å². The lowest BCUT2D eigenvalue weighted by atomic mass is 10.2. The molecule has 0 bridgehead atoms. The summed E-state index contributed by atoms with van der Waals surface area (Å²) in [4.78, 5) is 14.5. The summed E-state index contributed by atoms with van der Waals surface area (Å²) in [6.07, 6.45) is 0. The van der Waals surface area contributed by atoms with Gasteiger partial charge in [0.1, 0.15) is 0 Å². The van der Waals surface area contributed by atoms with Crippen molar-refractivity contribution in [1.29, 1.82) is 0 Å². The van der Waals surface area contributed by atoms with Gasteiger partial charge in [-0.2, -0.15) is 0 Å². The van der Waals surface area contributed by atoms with E-state index >= 15 is 0 Å². The number of aromatic nitrogens is 1. The van der Waals surface area contributed by atoms with E-state index in [1.165, 1.54) is 0 Å². The third kappa shape index (κ3) is 2.78. The van der Waals surface area contributed by atoms with Crippen molar-refractivity contribution >= 4 is 28.4 Å². The van der Waals surface area contributed by atoms with Crippen LogP contribution in [0.2, 0.25) is 5.02 Å². The van der Waals surface area contributed by atoms with Crippen LogP contribution in [0.1, 0.15) is 12.6 Å². The molecule has 1 atom stereocenters. The van der Waals surface area contributed by atoms with E-state index < -0.39 is 6.04 Å². The quantitative estimate of drug-likeness (QED) is 0.778. The molecule has 1 aromatic heterocycles. The van der Waals surface area contributed by atoms with Crippen LogP contribution in [0.5, 0.6) is 0 Å². The van der Waals surface area contributed by atoms with Crippen molar-refractivity contribution in [1.82, 2.24) is 10.3 Å².